The van der Waals surface area contributed by atoms with Crippen molar-refractivity contribution in [3.63, 3.8) is 0 Å². The van der Waals surface area contributed by atoms with Crippen LogP contribution >= 0.6 is 11.6 Å². The predicted octanol–water partition coefficient (Wildman–Crippen LogP) is 2.62. The Bertz CT molecular complexity index is 898. The van der Waals surface area contributed by atoms with E-state index in [9.17, 15) is 23.3 Å². The van der Waals surface area contributed by atoms with Crippen LogP contribution in [0.5, 0.6) is 0 Å². The molecule has 0 fully saturated rings. The Morgan fingerprint density at radius 3 is 2.44 bits per heavy atom. The van der Waals surface area contributed by atoms with E-state index in [0.29, 0.717) is 5.02 Å². The van der Waals surface area contributed by atoms with Crippen LogP contribution in [0.25, 0.3) is 0 Å². The van der Waals surface area contributed by atoms with Crippen molar-refractivity contribution in [2.45, 2.75) is 4.90 Å². The van der Waals surface area contributed by atoms with Crippen molar-refractivity contribution in [2.24, 2.45) is 0 Å². The minimum Gasteiger partial charge on any atom is -0.468 e. The molecular formula is C15H13ClN2O6S. The van der Waals surface area contributed by atoms with Crippen LogP contribution in [-0.4, -0.2) is 33.0 Å². The van der Waals surface area contributed by atoms with Crippen molar-refractivity contribution in [1.82, 2.24) is 0 Å². The Kier molecular flexibility index (Phi) is 5.60. The fourth-order valence-corrected chi connectivity index (χ4v) is 3.52. The number of benzene rings is 2. The third-order valence-electron chi connectivity index (χ3n) is 3.23. The van der Waals surface area contributed by atoms with Crippen molar-refractivity contribution in [2.75, 3.05) is 18.0 Å². The molecule has 2 aromatic rings. The first-order chi connectivity index (χ1) is 11.8. The van der Waals surface area contributed by atoms with E-state index in [2.05, 4.69) is 4.74 Å². The van der Waals surface area contributed by atoms with Gasteiger partial charge in [-0.15, -0.1) is 0 Å². The number of sulfonamides is 1. The highest BCUT2D eigenvalue weighted by atomic mass is 35.5. The molecule has 10 heteroatoms. The number of esters is 1. The molecule has 0 aliphatic rings. The number of nitrogens with zero attached hydrogens (tertiary/aromatic N) is 2. The summed E-state index contributed by atoms with van der Waals surface area (Å²) in [6.45, 7) is -0.636. The molecule has 0 aliphatic carbocycles. The highest BCUT2D eigenvalue weighted by Gasteiger charge is 2.28. The number of rotatable bonds is 6. The van der Waals surface area contributed by atoms with Crippen LogP contribution in [-0.2, 0) is 19.6 Å². The molecule has 0 spiro atoms. The zero-order chi connectivity index (χ0) is 18.6. The van der Waals surface area contributed by atoms with Crippen LogP contribution in [0.3, 0.4) is 0 Å². The van der Waals surface area contributed by atoms with Crippen LogP contribution in [0.1, 0.15) is 0 Å². The van der Waals surface area contributed by atoms with Gasteiger partial charge in [-0.1, -0.05) is 17.7 Å². The number of ether oxygens (including phenoxy) is 1. The average molecular weight is 385 g/mol. The van der Waals surface area contributed by atoms with Crippen LogP contribution in [0.4, 0.5) is 11.4 Å². The van der Waals surface area contributed by atoms with Gasteiger partial charge in [0.15, 0.2) is 0 Å². The predicted molar refractivity (Wildman–Crippen MR) is 91.1 cm³/mol. The monoisotopic (exact) mass is 384 g/mol. The van der Waals surface area contributed by atoms with Gasteiger partial charge in [0.25, 0.3) is 15.7 Å². The minimum atomic E-state index is -4.17. The molecule has 0 radical (unpaired) electrons. The van der Waals surface area contributed by atoms with Crippen LogP contribution in [0, 0.1) is 10.1 Å². The number of hydrogen-bond donors (Lipinski definition) is 0. The van der Waals surface area contributed by atoms with Gasteiger partial charge in [-0.2, -0.15) is 0 Å². The van der Waals surface area contributed by atoms with E-state index in [1.54, 1.807) is 0 Å². The summed E-state index contributed by atoms with van der Waals surface area (Å²) in [4.78, 5) is 21.8. The summed E-state index contributed by atoms with van der Waals surface area (Å²) in [5.41, 5.74) is -0.340. The zero-order valence-electron chi connectivity index (χ0n) is 13.0. The van der Waals surface area contributed by atoms with E-state index < -0.39 is 27.5 Å². The summed E-state index contributed by atoms with van der Waals surface area (Å²) in [5, 5.41) is 11.3. The number of nitro benzene ring substituents is 1. The third-order valence-corrected chi connectivity index (χ3v) is 5.27. The van der Waals surface area contributed by atoms with E-state index in [4.69, 9.17) is 11.6 Å². The van der Waals surface area contributed by atoms with Gasteiger partial charge in [0, 0.05) is 17.2 Å². The number of carbonyl (C=O) groups excluding carboxylic acids is 1. The summed E-state index contributed by atoms with van der Waals surface area (Å²) < 4.78 is 31.0. The molecule has 0 amide bonds. The van der Waals surface area contributed by atoms with E-state index in [-0.39, 0.29) is 16.3 Å². The number of hydrogen-bond acceptors (Lipinski definition) is 6. The lowest BCUT2D eigenvalue weighted by Crippen LogP contribution is -2.36. The maximum Gasteiger partial charge on any atom is 0.326 e. The summed E-state index contributed by atoms with van der Waals surface area (Å²) in [6.07, 6.45) is 0. The number of methoxy groups -OCH3 is 1. The van der Waals surface area contributed by atoms with Gasteiger partial charge in [-0.3, -0.25) is 19.2 Å². The Balaban J connectivity index is 2.56. The maximum atomic E-state index is 12.9. The first kappa shape index (κ1) is 18.7. The fraction of sp³-hybridized carbons (Fsp3) is 0.133. The number of non-ortho nitro benzene ring substituents is 1. The topological polar surface area (TPSA) is 107 Å². The van der Waals surface area contributed by atoms with E-state index in [0.717, 1.165) is 17.5 Å². The molecule has 25 heavy (non-hydrogen) atoms. The second-order valence-electron chi connectivity index (χ2n) is 4.82. The van der Waals surface area contributed by atoms with Gasteiger partial charge in [0.05, 0.1) is 22.6 Å². The molecule has 0 unspecified atom stereocenters. The molecule has 0 N–H and O–H groups in total. The Morgan fingerprint density at radius 1 is 1.24 bits per heavy atom. The lowest BCUT2D eigenvalue weighted by Gasteiger charge is -2.23. The quantitative estimate of drug-likeness (QED) is 0.430. The summed E-state index contributed by atoms with van der Waals surface area (Å²) in [7, 11) is -3.05. The standard InChI is InChI=1S/C15H13ClN2O6S/c1-24-15(19)10-17(12-3-2-4-13(9-12)18(20)21)25(22,23)14-7-5-11(16)6-8-14/h2-9H,10H2,1H3. The van der Waals surface area contributed by atoms with Crippen molar-refractivity contribution in [3.05, 3.63) is 63.7 Å². The third kappa shape index (κ3) is 4.25. The second-order valence-corrected chi connectivity index (χ2v) is 7.12. The highest BCUT2D eigenvalue weighted by molar-refractivity contribution is 7.92. The molecule has 0 saturated heterocycles. The number of carbonyl (C=O) groups is 1. The molecule has 132 valence electrons. The molecular weight excluding hydrogens is 372 g/mol. The molecule has 2 rings (SSSR count). The van der Waals surface area contributed by atoms with E-state index in [1.807, 2.05) is 0 Å². The van der Waals surface area contributed by atoms with E-state index >= 15 is 0 Å². The van der Waals surface area contributed by atoms with Crippen molar-refractivity contribution >= 4 is 39.0 Å². The van der Waals surface area contributed by atoms with Gasteiger partial charge in [0.1, 0.15) is 6.54 Å². The first-order valence-corrected chi connectivity index (χ1v) is 8.67. The highest BCUT2D eigenvalue weighted by Crippen LogP contribution is 2.27. The van der Waals surface area contributed by atoms with Crippen molar-refractivity contribution in [1.29, 1.82) is 0 Å². The molecule has 0 saturated carbocycles. The van der Waals surface area contributed by atoms with Crippen LogP contribution < -0.4 is 4.31 Å². The van der Waals surface area contributed by atoms with Crippen LogP contribution in [0.2, 0.25) is 5.02 Å². The van der Waals surface area contributed by atoms with Gasteiger partial charge < -0.3 is 4.74 Å². The minimum absolute atomic E-state index is 0.0328. The molecule has 0 aromatic heterocycles. The fourth-order valence-electron chi connectivity index (χ4n) is 1.99. The number of halogens is 1. The average Bonchev–Trinajstić information content (AvgIpc) is 2.59. The molecule has 0 bridgehead atoms. The number of nitro groups is 1. The smallest absolute Gasteiger partial charge is 0.326 e. The maximum absolute atomic E-state index is 12.9. The molecule has 2 aromatic carbocycles. The Morgan fingerprint density at radius 2 is 1.88 bits per heavy atom. The Labute approximate surface area is 148 Å². The normalized spacial score (nSPS) is 11.0. The molecule has 0 aliphatic heterocycles. The molecule has 0 heterocycles. The Hall–Kier alpha value is -2.65. The lowest BCUT2D eigenvalue weighted by atomic mass is 10.3. The van der Waals surface area contributed by atoms with Gasteiger partial charge in [-0.05, 0) is 30.3 Å². The SMILES string of the molecule is COC(=O)CN(c1cccc([N+](=O)[O-])c1)S(=O)(=O)c1ccc(Cl)cc1. The lowest BCUT2D eigenvalue weighted by molar-refractivity contribution is -0.384. The summed E-state index contributed by atoms with van der Waals surface area (Å²) in [6, 6.07) is 10.3. The van der Waals surface area contributed by atoms with Crippen molar-refractivity contribution < 1.29 is 22.9 Å². The van der Waals surface area contributed by atoms with Gasteiger partial charge in [-0.25, -0.2) is 8.42 Å². The van der Waals surface area contributed by atoms with E-state index in [1.165, 1.54) is 42.5 Å². The molecule has 8 nitrogen and oxygen atoms in total. The summed E-state index contributed by atoms with van der Waals surface area (Å²) in [5.74, 6) is -0.816. The zero-order valence-corrected chi connectivity index (χ0v) is 14.5. The van der Waals surface area contributed by atoms with Crippen LogP contribution in [0.15, 0.2) is 53.4 Å². The van der Waals surface area contributed by atoms with Crippen molar-refractivity contribution in [3.8, 4) is 0 Å². The number of anilines is 1. The van der Waals surface area contributed by atoms with Gasteiger partial charge in [0.2, 0.25) is 0 Å². The van der Waals surface area contributed by atoms with Gasteiger partial charge >= 0.3 is 5.97 Å². The molecule has 0 atom stereocenters. The first-order valence-electron chi connectivity index (χ1n) is 6.85. The summed E-state index contributed by atoms with van der Waals surface area (Å²) >= 11 is 5.76. The largest absolute Gasteiger partial charge is 0.468 e. The second kappa shape index (κ2) is 7.49.